The van der Waals surface area contributed by atoms with E-state index in [0.29, 0.717) is 0 Å². The third kappa shape index (κ3) is 0.777. The van der Waals surface area contributed by atoms with Crippen molar-refractivity contribution in [2.45, 2.75) is 25.3 Å². The zero-order valence-electron chi connectivity index (χ0n) is 7.09. The van der Waals surface area contributed by atoms with Crippen molar-refractivity contribution in [1.82, 2.24) is 10.2 Å². The summed E-state index contributed by atoms with van der Waals surface area (Å²) in [6, 6.07) is 0. The van der Waals surface area contributed by atoms with Crippen molar-refractivity contribution in [1.29, 1.82) is 0 Å². The van der Waals surface area contributed by atoms with Gasteiger partial charge < -0.3 is 10.2 Å². The molecule has 0 unspecified atom stereocenters. The van der Waals surface area contributed by atoms with Gasteiger partial charge in [-0.2, -0.15) is 0 Å². The van der Waals surface area contributed by atoms with Gasteiger partial charge in [-0.1, -0.05) is 0 Å². The molecule has 0 aliphatic carbocycles. The molecule has 2 fully saturated rings. The van der Waals surface area contributed by atoms with Crippen molar-refractivity contribution >= 4 is 11.8 Å². The van der Waals surface area contributed by atoms with Crippen LogP contribution in [0.4, 0.5) is 0 Å². The molecule has 2 amide bonds. The van der Waals surface area contributed by atoms with E-state index in [1.807, 2.05) is 6.92 Å². The summed E-state index contributed by atoms with van der Waals surface area (Å²) in [5.74, 6) is 0.0502. The summed E-state index contributed by atoms with van der Waals surface area (Å²) in [6.07, 6.45) is 1.74. The van der Waals surface area contributed by atoms with Crippen LogP contribution in [-0.4, -0.2) is 35.3 Å². The van der Waals surface area contributed by atoms with Crippen LogP contribution in [0.25, 0.3) is 0 Å². The van der Waals surface area contributed by atoms with E-state index < -0.39 is 5.54 Å². The fourth-order valence-corrected chi connectivity index (χ4v) is 2.04. The van der Waals surface area contributed by atoms with Crippen molar-refractivity contribution < 1.29 is 9.59 Å². The predicted molar refractivity (Wildman–Crippen MR) is 42.4 cm³/mol. The van der Waals surface area contributed by atoms with Gasteiger partial charge in [-0.05, 0) is 19.8 Å². The molecule has 0 aromatic heterocycles. The highest BCUT2D eigenvalue weighted by Crippen LogP contribution is 2.30. The molecule has 2 heterocycles. The molecule has 2 rings (SSSR count). The number of carbonyl (C=O) groups excluding carboxylic acids is 2. The minimum atomic E-state index is -0.546. The highest BCUT2D eigenvalue weighted by Gasteiger charge is 2.48. The summed E-state index contributed by atoms with van der Waals surface area (Å²) in [5.41, 5.74) is -0.546. The monoisotopic (exact) mass is 168 g/mol. The van der Waals surface area contributed by atoms with Crippen LogP contribution < -0.4 is 5.32 Å². The number of hydrogen-bond acceptors (Lipinski definition) is 2. The molecule has 2 saturated heterocycles. The molecule has 4 heteroatoms. The molecule has 2 aliphatic rings. The highest BCUT2D eigenvalue weighted by molar-refractivity contribution is 5.98. The van der Waals surface area contributed by atoms with Gasteiger partial charge in [0, 0.05) is 6.54 Å². The molecule has 66 valence electrons. The molecule has 2 aliphatic heterocycles. The maximum absolute atomic E-state index is 11.4. The lowest BCUT2D eigenvalue weighted by atomic mass is 9.96. The van der Waals surface area contributed by atoms with Crippen molar-refractivity contribution in [3.05, 3.63) is 0 Å². The first-order valence-corrected chi connectivity index (χ1v) is 4.23. The van der Waals surface area contributed by atoms with Crippen LogP contribution in [0.2, 0.25) is 0 Å². The number of piperazine rings is 1. The van der Waals surface area contributed by atoms with Crippen LogP contribution in [0.3, 0.4) is 0 Å². The van der Waals surface area contributed by atoms with E-state index in [1.165, 1.54) is 0 Å². The largest absolute Gasteiger partial charge is 0.345 e. The molecule has 0 bridgehead atoms. The van der Waals surface area contributed by atoms with Crippen LogP contribution in [0.1, 0.15) is 19.8 Å². The first kappa shape index (κ1) is 7.58. The zero-order chi connectivity index (χ0) is 8.77. The minimum Gasteiger partial charge on any atom is -0.345 e. The van der Waals surface area contributed by atoms with Gasteiger partial charge in [0.15, 0.2) is 0 Å². The van der Waals surface area contributed by atoms with Gasteiger partial charge in [0.05, 0.1) is 6.54 Å². The average molecular weight is 168 g/mol. The molecule has 1 N–H and O–H groups in total. The van der Waals surface area contributed by atoms with E-state index in [4.69, 9.17) is 0 Å². The van der Waals surface area contributed by atoms with Gasteiger partial charge in [-0.3, -0.25) is 9.59 Å². The van der Waals surface area contributed by atoms with Gasteiger partial charge in [0.25, 0.3) is 0 Å². The van der Waals surface area contributed by atoms with E-state index in [1.54, 1.807) is 4.90 Å². The number of hydrogen-bond donors (Lipinski definition) is 1. The summed E-state index contributed by atoms with van der Waals surface area (Å²) in [4.78, 5) is 24.5. The second kappa shape index (κ2) is 2.21. The normalized spacial score (nSPS) is 34.9. The van der Waals surface area contributed by atoms with Gasteiger partial charge in [-0.15, -0.1) is 0 Å². The van der Waals surface area contributed by atoms with Crippen molar-refractivity contribution in [2.75, 3.05) is 13.1 Å². The molecule has 0 aromatic rings. The van der Waals surface area contributed by atoms with Crippen molar-refractivity contribution in [2.24, 2.45) is 0 Å². The topological polar surface area (TPSA) is 49.4 Å². The number of carbonyl (C=O) groups is 2. The first-order valence-electron chi connectivity index (χ1n) is 4.23. The summed E-state index contributed by atoms with van der Waals surface area (Å²) >= 11 is 0. The number of rotatable bonds is 0. The Labute approximate surface area is 70.9 Å². The Kier molecular flexibility index (Phi) is 1.40. The lowest BCUT2D eigenvalue weighted by Gasteiger charge is -2.37. The van der Waals surface area contributed by atoms with Gasteiger partial charge in [-0.25, -0.2) is 0 Å². The van der Waals surface area contributed by atoms with Gasteiger partial charge in [0.2, 0.25) is 11.8 Å². The maximum Gasteiger partial charge on any atom is 0.246 e. The van der Waals surface area contributed by atoms with Crippen LogP contribution in [0.5, 0.6) is 0 Å². The van der Waals surface area contributed by atoms with E-state index in [2.05, 4.69) is 5.32 Å². The fourth-order valence-electron chi connectivity index (χ4n) is 2.04. The molecule has 12 heavy (non-hydrogen) atoms. The number of nitrogens with one attached hydrogen (secondary N) is 1. The Morgan fingerprint density at radius 1 is 1.50 bits per heavy atom. The van der Waals surface area contributed by atoms with E-state index in [9.17, 15) is 9.59 Å². The number of amides is 2. The molecular weight excluding hydrogens is 156 g/mol. The van der Waals surface area contributed by atoms with E-state index in [-0.39, 0.29) is 18.4 Å². The Balaban J connectivity index is 2.33. The average Bonchev–Trinajstić information content (AvgIpc) is 2.42. The van der Waals surface area contributed by atoms with Crippen LogP contribution >= 0.6 is 0 Å². The van der Waals surface area contributed by atoms with E-state index >= 15 is 0 Å². The van der Waals surface area contributed by atoms with Gasteiger partial charge in [0.1, 0.15) is 5.54 Å². The molecule has 0 spiro atoms. The first-order chi connectivity index (χ1) is 5.64. The fraction of sp³-hybridized carbons (Fsp3) is 0.750. The van der Waals surface area contributed by atoms with E-state index in [0.717, 1.165) is 19.4 Å². The van der Waals surface area contributed by atoms with Crippen LogP contribution in [-0.2, 0) is 9.59 Å². The molecule has 0 radical (unpaired) electrons. The predicted octanol–water partition coefficient (Wildman–Crippen LogP) is -0.503. The summed E-state index contributed by atoms with van der Waals surface area (Å²) in [7, 11) is 0. The van der Waals surface area contributed by atoms with Crippen LogP contribution in [0, 0.1) is 0 Å². The Morgan fingerprint density at radius 2 is 2.25 bits per heavy atom. The van der Waals surface area contributed by atoms with Gasteiger partial charge >= 0.3 is 0 Å². The highest BCUT2D eigenvalue weighted by atomic mass is 16.2. The third-order valence-electron chi connectivity index (χ3n) is 2.83. The van der Waals surface area contributed by atoms with Crippen LogP contribution in [0.15, 0.2) is 0 Å². The number of fused-ring (bicyclic) bond motifs is 1. The minimum absolute atomic E-state index is 0.000370. The smallest absolute Gasteiger partial charge is 0.246 e. The SMILES string of the molecule is C[C@]12CCCN1C(=O)CNC2=O. The molecule has 1 atom stereocenters. The Hall–Kier alpha value is -1.06. The lowest BCUT2D eigenvalue weighted by molar-refractivity contribution is -0.149. The van der Waals surface area contributed by atoms with Crippen molar-refractivity contribution in [3.8, 4) is 0 Å². The quantitative estimate of drug-likeness (QED) is 0.530. The molecule has 4 nitrogen and oxygen atoms in total. The second-order valence-corrected chi connectivity index (χ2v) is 3.61. The Bertz CT molecular complexity index is 251. The molecule has 0 saturated carbocycles. The van der Waals surface area contributed by atoms with Crippen molar-refractivity contribution in [3.63, 3.8) is 0 Å². The summed E-state index contributed by atoms with van der Waals surface area (Å²) < 4.78 is 0. The molecule has 0 aromatic carbocycles. The third-order valence-corrected chi connectivity index (χ3v) is 2.83. The number of nitrogens with zero attached hydrogens (tertiary/aromatic N) is 1. The zero-order valence-corrected chi connectivity index (χ0v) is 7.09. The lowest BCUT2D eigenvalue weighted by Crippen LogP contribution is -2.62. The maximum atomic E-state index is 11.4. The summed E-state index contributed by atoms with van der Waals surface area (Å²) in [5, 5.41) is 2.61. The standard InChI is InChI=1S/C8H12N2O2/c1-8-3-2-4-10(8)6(11)5-9-7(8)12/h2-5H2,1H3,(H,9,12)/t8-/m1/s1. The Morgan fingerprint density at radius 3 is 2.92 bits per heavy atom. The second-order valence-electron chi connectivity index (χ2n) is 3.61. The summed E-state index contributed by atoms with van der Waals surface area (Å²) in [6.45, 7) is 2.75. The molecular formula is C8H12N2O2.